The van der Waals surface area contributed by atoms with Crippen molar-refractivity contribution in [3.8, 4) is 0 Å². The van der Waals surface area contributed by atoms with Crippen LogP contribution in [0, 0.1) is 7.43 Å². The van der Waals surface area contributed by atoms with Gasteiger partial charge in [-0.05, 0) is 0 Å². The molecule has 1 aliphatic carbocycles. The van der Waals surface area contributed by atoms with E-state index in [0.29, 0.717) is 0 Å². The first-order valence-electron chi connectivity index (χ1n) is 4.11. The Morgan fingerprint density at radius 1 is 1.00 bits per heavy atom. The molecular weight excluding hydrogens is 288 g/mol. The second-order valence-electron chi connectivity index (χ2n) is 2.61. The molecule has 1 N–H and O–H groups in total. The van der Waals surface area contributed by atoms with E-state index >= 15 is 0 Å². The molecule has 0 saturated heterocycles. The molecule has 0 aliphatic heterocycles. The summed E-state index contributed by atoms with van der Waals surface area (Å²) in [6.07, 6.45) is 3.10. The summed E-state index contributed by atoms with van der Waals surface area (Å²) in [5.74, 6) is 0. The number of hydrogen-bond donors (Lipinski definition) is 1. The summed E-state index contributed by atoms with van der Waals surface area (Å²) < 4.78 is 31.6. The summed E-state index contributed by atoms with van der Waals surface area (Å²) in [6, 6.07) is 0. The third kappa shape index (κ3) is 31.3. The maximum atomic E-state index is 10.5. The van der Waals surface area contributed by atoms with Crippen molar-refractivity contribution in [2.75, 3.05) is 6.61 Å². The van der Waals surface area contributed by atoms with Gasteiger partial charge in [0, 0.05) is 0 Å². The third-order valence-corrected chi connectivity index (χ3v) is 1.43. The van der Waals surface area contributed by atoms with Gasteiger partial charge in [0.1, 0.15) is 6.61 Å². The van der Waals surface area contributed by atoms with E-state index in [1.807, 2.05) is 0 Å². The van der Waals surface area contributed by atoms with Gasteiger partial charge in [-0.2, -0.15) is 13.2 Å². The van der Waals surface area contributed by atoms with Crippen LogP contribution in [0.1, 0.15) is 32.1 Å². The van der Waals surface area contributed by atoms with Crippen LogP contribution in [0.5, 0.6) is 0 Å². The fraction of sp³-hybridized carbons (Fsp3) is 0.875. The van der Waals surface area contributed by atoms with Crippen molar-refractivity contribution in [2.24, 2.45) is 0 Å². The Bertz CT molecular complexity index is 103. The van der Waals surface area contributed by atoms with Crippen LogP contribution in [0.25, 0.3) is 0 Å². The monoisotopic (exact) mass is 303 g/mol. The number of halogens is 5. The van der Waals surface area contributed by atoms with Gasteiger partial charge in [-0.15, -0.1) is 0 Å². The van der Waals surface area contributed by atoms with E-state index in [1.165, 1.54) is 32.1 Å². The molecule has 0 radical (unpaired) electrons. The summed E-state index contributed by atoms with van der Waals surface area (Å²) >= 11 is -0.556. The number of rotatable bonds is 0. The van der Waals surface area contributed by atoms with E-state index in [1.54, 1.807) is 0 Å². The average molecular weight is 304 g/mol. The van der Waals surface area contributed by atoms with Crippen LogP contribution in [0.3, 0.4) is 0 Å². The molecule has 0 aromatic rings. The summed E-state index contributed by atoms with van der Waals surface area (Å²) in [4.78, 5) is 0. The zero-order chi connectivity index (χ0) is 11.4. The standard InChI is InChI=1S/C5H10.C2H3F3O.CH3.2ClH.Ti/c1-2-4-5-3-1;3-2(4,5)1-6;;;;/h1-5H2;6H,1H2;1H3;2*1H;/q;;-1;;;+2/p-2. The van der Waals surface area contributed by atoms with E-state index in [9.17, 15) is 13.2 Å². The van der Waals surface area contributed by atoms with Crippen LogP contribution in [0.2, 0.25) is 0 Å². The maximum absolute atomic E-state index is 10.5. The molecule has 0 aromatic heterocycles. The Hall–Kier alpha value is 1.04. The van der Waals surface area contributed by atoms with Crippen LogP contribution in [0.15, 0.2) is 0 Å². The fourth-order valence-electron chi connectivity index (χ4n) is 0.884. The summed E-state index contributed by atoms with van der Waals surface area (Å²) in [7, 11) is 9.78. The van der Waals surface area contributed by atoms with E-state index < -0.39 is 29.8 Å². The molecule has 7 heteroatoms. The molecule has 0 amide bonds. The Kier molecular flexibility index (Phi) is 21.4. The topological polar surface area (TPSA) is 20.2 Å². The first-order chi connectivity index (χ1) is 6.47. The molecule has 15 heavy (non-hydrogen) atoms. The predicted octanol–water partition coefficient (Wildman–Crippen LogP) is 4.32. The minimum atomic E-state index is -4.40. The number of aliphatic hydroxyl groups excluding tert-OH is 1. The quantitative estimate of drug-likeness (QED) is 0.522. The molecular formula is C8H16Cl2F3OTi-. The van der Waals surface area contributed by atoms with Crippen molar-refractivity contribution in [1.82, 2.24) is 0 Å². The SMILES string of the molecule is C1CCCC1.OCC(F)(F)F.[CH3-].[Cl][Ti][Cl]. The zero-order valence-electron chi connectivity index (χ0n) is 8.58. The van der Waals surface area contributed by atoms with Crippen LogP contribution >= 0.6 is 18.6 Å². The van der Waals surface area contributed by atoms with Gasteiger partial charge in [0.25, 0.3) is 0 Å². The number of alkyl halides is 3. The van der Waals surface area contributed by atoms with Crippen molar-refractivity contribution >= 4 is 18.6 Å². The van der Waals surface area contributed by atoms with E-state index in [4.69, 9.17) is 23.7 Å². The molecule has 94 valence electrons. The number of hydrogen-bond acceptors (Lipinski definition) is 1. The predicted molar refractivity (Wildman–Crippen MR) is 54.3 cm³/mol. The summed E-state index contributed by atoms with van der Waals surface area (Å²) in [6.45, 7) is -1.73. The van der Waals surface area contributed by atoms with E-state index in [2.05, 4.69) is 0 Å². The van der Waals surface area contributed by atoms with Crippen molar-refractivity contribution < 1.29 is 35.3 Å². The van der Waals surface area contributed by atoms with Gasteiger partial charge in [-0.25, -0.2) is 0 Å². The van der Waals surface area contributed by atoms with Crippen LogP contribution in [-0.2, 0) is 17.0 Å². The Morgan fingerprint density at radius 3 is 1.20 bits per heavy atom. The van der Waals surface area contributed by atoms with Gasteiger partial charge < -0.3 is 12.5 Å². The zero-order valence-corrected chi connectivity index (χ0v) is 11.7. The average Bonchev–Trinajstić information content (AvgIpc) is 2.61. The molecule has 1 fully saturated rings. The van der Waals surface area contributed by atoms with Gasteiger partial charge in [-0.1, -0.05) is 32.1 Å². The normalized spacial score (nSPS) is 13.7. The fourth-order valence-corrected chi connectivity index (χ4v) is 0.884. The van der Waals surface area contributed by atoms with Gasteiger partial charge in [-0.3, -0.25) is 0 Å². The molecule has 1 nitrogen and oxygen atoms in total. The molecule has 0 aromatic carbocycles. The molecule has 0 atom stereocenters. The van der Waals surface area contributed by atoms with Crippen LogP contribution in [0.4, 0.5) is 13.2 Å². The van der Waals surface area contributed by atoms with Gasteiger partial charge in [0.05, 0.1) is 0 Å². The number of aliphatic hydroxyl groups is 1. The molecule has 1 saturated carbocycles. The Morgan fingerprint density at radius 2 is 1.13 bits per heavy atom. The molecule has 0 bridgehead atoms. The molecule has 0 spiro atoms. The van der Waals surface area contributed by atoms with Crippen molar-refractivity contribution in [1.29, 1.82) is 0 Å². The van der Waals surface area contributed by atoms with Crippen molar-refractivity contribution in [2.45, 2.75) is 38.3 Å². The van der Waals surface area contributed by atoms with Gasteiger partial charge in [0.15, 0.2) is 0 Å². The second-order valence-corrected chi connectivity index (χ2v) is 5.19. The summed E-state index contributed by atoms with van der Waals surface area (Å²) in [5.41, 5.74) is 0. The van der Waals surface area contributed by atoms with Crippen LogP contribution in [-0.4, -0.2) is 17.9 Å². The Balaban J connectivity index is -0.000000147. The third-order valence-electron chi connectivity index (χ3n) is 1.43. The van der Waals surface area contributed by atoms with Gasteiger partial charge in [0.2, 0.25) is 0 Å². The molecule has 0 unspecified atom stereocenters. The molecule has 1 aliphatic rings. The van der Waals surface area contributed by atoms with Gasteiger partial charge >= 0.3 is 41.8 Å². The van der Waals surface area contributed by atoms with Crippen molar-refractivity contribution in [3.05, 3.63) is 7.43 Å². The second kappa shape index (κ2) is 15.0. The minimum absolute atomic E-state index is 0. The summed E-state index contributed by atoms with van der Waals surface area (Å²) in [5, 5.41) is 7.28. The van der Waals surface area contributed by atoms with Crippen molar-refractivity contribution in [3.63, 3.8) is 0 Å². The van der Waals surface area contributed by atoms with E-state index in [0.717, 1.165) is 0 Å². The van der Waals surface area contributed by atoms with Crippen LogP contribution < -0.4 is 0 Å². The molecule has 1 rings (SSSR count). The first-order valence-corrected chi connectivity index (χ1v) is 8.41. The molecule has 0 heterocycles. The van der Waals surface area contributed by atoms with E-state index in [-0.39, 0.29) is 7.43 Å². The first kappa shape index (κ1) is 21.3. The Labute approximate surface area is 106 Å².